The maximum Gasteiger partial charge on any atom is 0.222 e. The van der Waals surface area contributed by atoms with E-state index < -0.39 is 0 Å². The van der Waals surface area contributed by atoms with Gasteiger partial charge in [0.2, 0.25) is 5.91 Å². The van der Waals surface area contributed by atoms with Gasteiger partial charge in [0, 0.05) is 13.5 Å². The van der Waals surface area contributed by atoms with Gasteiger partial charge in [0.25, 0.3) is 0 Å². The third kappa shape index (κ3) is 5.15. The Morgan fingerprint density at radius 1 is 1.21 bits per heavy atom. The van der Waals surface area contributed by atoms with Gasteiger partial charge in [-0.3, -0.25) is 4.79 Å². The molecule has 1 aliphatic heterocycles. The minimum atomic E-state index is 0.0922. The van der Waals surface area contributed by atoms with Crippen LogP contribution >= 0.6 is 0 Å². The summed E-state index contributed by atoms with van der Waals surface area (Å²) in [5, 5.41) is 3.25. The molecule has 1 aliphatic carbocycles. The quantitative estimate of drug-likeness (QED) is 0.786. The second-order valence-electron chi connectivity index (χ2n) is 9.92. The summed E-state index contributed by atoms with van der Waals surface area (Å²) in [6.07, 6.45) is 6.37. The van der Waals surface area contributed by atoms with Crippen molar-refractivity contribution in [2.24, 2.45) is 5.41 Å². The molecule has 1 N–H and O–H groups in total. The Morgan fingerprint density at radius 2 is 1.93 bits per heavy atom. The van der Waals surface area contributed by atoms with Gasteiger partial charge in [0.1, 0.15) is 0 Å². The molecule has 0 saturated carbocycles. The highest BCUT2D eigenvalue weighted by Gasteiger charge is 2.42. The average Bonchev–Trinajstić information content (AvgIpc) is 2.68. The SMILES string of the molecule is COCCC(=O)N[C@H]1CCC2(CCN(CCC(C)(C)C)CC2)c2ccccc21. The minimum absolute atomic E-state index is 0.0922. The van der Waals surface area contributed by atoms with E-state index in [0.29, 0.717) is 23.9 Å². The monoisotopic (exact) mass is 386 g/mol. The van der Waals surface area contributed by atoms with Crippen LogP contribution in [0.5, 0.6) is 0 Å². The highest BCUT2D eigenvalue weighted by Crippen LogP contribution is 2.48. The van der Waals surface area contributed by atoms with Gasteiger partial charge in [-0.2, -0.15) is 0 Å². The lowest BCUT2D eigenvalue weighted by Crippen LogP contribution is -2.46. The van der Waals surface area contributed by atoms with E-state index in [1.807, 2.05) is 0 Å². The summed E-state index contributed by atoms with van der Waals surface area (Å²) in [5.41, 5.74) is 3.51. The Labute approximate surface area is 171 Å². The number of amides is 1. The van der Waals surface area contributed by atoms with Crippen molar-refractivity contribution in [3.05, 3.63) is 35.4 Å². The Kier molecular flexibility index (Phi) is 6.82. The van der Waals surface area contributed by atoms with E-state index in [0.717, 1.165) is 6.42 Å². The summed E-state index contributed by atoms with van der Waals surface area (Å²) in [7, 11) is 1.64. The molecule has 1 saturated heterocycles. The predicted octanol–water partition coefficient (Wildman–Crippen LogP) is 4.44. The zero-order valence-corrected chi connectivity index (χ0v) is 18.2. The fraction of sp³-hybridized carbons (Fsp3) is 0.708. The van der Waals surface area contributed by atoms with Crippen molar-refractivity contribution in [1.82, 2.24) is 10.2 Å². The van der Waals surface area contributed by atoms with Gasteiger partial charge in [0.15, 0.2) is 0 Å². The summed E-state index contributed by atoms with van der Waals surface area (Å²) in [6, 6.07) is 8.97. The number of hydrogen-bond donors (Lipinski definition) is 1. The predicted molar refractivity (Wildman–Crippen MR) is 114 cm³/mol. The molecule has 0 radical (unpaired) electrons. The lowest BCUT2D eigenvalue weighted by molar-refractivity contribution is -0.122. The van der Waals surface area contributed by atoms with Crippen LogP contribution in [0.3, 0.4) is 0 Å². The minimum Gasteiger partial charge on any atom is -0.384 e. The van der Waals surface area contributed by atoms with E-state index in [1.165, 1.54) is 56.4 Å². The molecule has 156 valence electrons. The molecule has 0 bridgehead atoms. The van der Waals surface area contributed by atoms with Crippen LogP contribution in [0.15, 0.2) is 24.3 Å². The van der Waals surface area contributed by atoms with Gasteiger partial charge in [0.05, 0.1) is 12.6 Å². The number of likely N-dealkylation sites (tertiary alicyclic amines) is 1. The van der Waals surface area contributed by atoms with Crippen molar-refractivity contribution in [3.8, 4) is 0 Å². The first-order chi connectivity index (χ1) is 13.3. The van der Waals surface area contributed by atoms with E-state index in [4.69, 9.17) is 4.74 Å². The summed E-state index contributed by atoms with van der Waals surface area (Å²) in [6.45, 7) is 11.1. The topological polar surface area (TPSA) is 41.6 Å². The lowest BCUT2D eigenvalue weighted by Gasteiger charge is -2.47. The van der Waals surface area contributed by atoms with Crippen LogP contribution in [-0.2, 0) is 14.9 Å². The average molecular weight is 387 g/mol. The zero-order chi connectivity index (χ0) is 20.2. The maximum absolute atomic E-state index is 12.2. The molecule has 1 amide bonds. The van der Waals surface area contributed by atoms with E-state index >= 15 is 0 Å². The fourth-order valence-corrected chi connectivity index (χ4v) is 4.82. The molecule has 1 heterocycles. The normalized spacial score (nSPS) is 22.1. The van der Waals surface area contributed by atoms with Crippen molar-refractivity contribution in [3.63, 3.8) is 0 Å². The number of carbonyl (C=O) groups is 1. The number of nitrogens with zero attached hydrogens (tertiary/aromatic N) is 1. The van der Waals surface area contributed by atoms with Gasteiger partial charge in [-0.05, 0) is 73.7 Å². The highest BCUT2D eigenvalue weighted by atomic mass is 16.5. The first kappa shape index (κ1) is 21.3. The number of benzene rings is 1. The molecular formula is C24H38N2O2. The van der Waals surface area contributed by atoms with Gasteiger partial charge >= 0.3 is 0 Å². The maximum atomic E-state index is 12.2. The van der Waals surface area contributed by atoms with Crippen molar-refractivity contribution in [1.29, 1.82) is 0 Å². The van der Waals surface area contributed by atoms with E-state index in [-0.39, 0.29) is 11.9 Å². The lowest BCUT2D eigenvalue weighted by atomic mass is 9.63. The molecule has 0 unspecified atom stereocenters. The third-order valence-corrected chi connectivity index (χ3v) is 6.68. The van der Waals surface area contributed by atoms with Gasteiger partial charge in [-0.25, -0.2) is 0 Å². The second kappa shape index (κ2) is 8.96. The Morgan fingerprint density at radius 3 is 2.61 bits per heavy atom. The number of piperidine rings is 1. The first-order valence-electron chi connectivity index (χ1n) is 10.9. The van der Waals surface area contributed by atoms with Crippen LogP contribution in [-0.4, -0.2) is 44.2 Å². The molecule has 1 spiro atoms. The summed E-state index contributed by atoms with van der Waals surface area (Å²) >= 11 is 0. The number of nitrogens with one attached hydrogen (secondary N) is 1. The van der Waals surface area contributed by atoms with E-state index in [1.54, 1.807) is 7.11 Å². The van der Waals surface area contributed by atoms with E-state index in [9.17, 15) is 4.79 Å². The smallest absolute Gasteiger partial charge is 0.222 e. The fourth-order valence-electron chi connectivity index (χ4n) is 4.82. The van der Waals surface area contributed by atoms with Crippen molar-refractivity contribution in [2.45, 2.75) is 70.8 Å². The van der Waals surface area contributed by atoms with Crippen molar-refractivity contribution in [2.75, 3.05) is 33.4 Å². The number of fused-ring (bicyclic) bond motifs is 2. The molecule has 1 aromatic carbocycles. The Hall–Kier alpha value is -1.39. The van der Waals surface area contributed by atoms with Crippen LogP contribution in [0.2, 0.25) is 0 Å². The van der Waals surface area contributed by atoms with Crippen molar-refractivity contribution >= 4 is 5.91 Å². The largest absolute Gasteiger partial charge is 0.384 e. The number of rotatable bonds is 6. The molecule has 2 aliphatic rings. The molecule has 3 rings (SSSR count). The first-order valence-corrected chi connectivity index (χ1v) is 10.9. The standard InChI is InChI=1S/C24H38N2O2/c1-23(2,3)12-15-26-16-13-24(14-17-26)11-9-21(25-22(27)10-18-28-4)19-7-5-6-8-20(19)24/h5-8,21H,9-18H2,1-4H3,(H,25,27)/t21-/m0/s1. The molecular weight excluding hydrogens is 348 g/mol. The summed E-state index contributed by atoms with van der Waals surface area (Å²) in [5.74, 6) is 0.0922. The van der Waals surface area contributed by atoms with Crippen LogP contribution in [0.25, 0.3) is 0 Å². The van der Waals surface area contributed by atoms with Gasteiger partial charge < -0.3 is 15.0 Å². The number of methoxy groups -OCH3 is 1. The summed E-state index contributed by atoms with van der Waals surface area (Å²) in [4.78, 5) is 14.9. The second-order valence-corrected chi connectivity index (χ2v) is 9.92. The van der Waals surface area contributed by atoms with Crippen LogP contribution < -0.4 is 5.32 Å². The van der Waals surface area contributed by atoms with Crippen LogP contribution in [0.4, 0.5) is 0 Å². The molecule has 1 aromatic rings. The zero-order valence-electron chi connectivity index (χ0n) is 18.2. The molecule has 0 aromatic heterocycles. The van der Waals surface area contributed by atoms with Crippen LogP contribution in [0, 0.1) is 5.41 Å². The Bertz CT molecular complexity index is 657. The third-order valence-electron chi connectivity index (χ3n) is 6.68. The molecule has 4 nitrogen and oxygen atoms in total. The molecule has 1 atom stereocenters. The molecule has 1 fully saturated rings. The highest BCUT2D eigenvalue weighted by molar-refractivity contribution is 5.76. The van der Waals surface area contributed by atoms with E-state index in [2.05, 4.69) is 55.3 Å². The van der Waals surface area contributed by atoms with Gasteiger partial charge in [-0.15, -0.1) is 0 Å². The number of hydrogen-bond acceptors (Lipinski definition) is 3. The van der Waals surface area contributed by atoms with Gasteiger partial charge in [-0.1, -0.05) is 45.0 Å². The van der Waals surface area contributed by atoms with Crippen LogP contribution in [0.1, 0.15) is 76.5 Å². The number of carbonyl (C=O) groups excluding carboxylic acids is 1. The summed E-state index contributed by atoms with van der Waals surface area (Å²) < 4.78 is 5.05. The molecule has 28 heavy (non-hydrogen) atoms. The molecule has 4 heteroatoms. The number of ether oxygens (including phenoxy) is 1. The van der Waals surface area contributed by atoms with Crippen molar-refractivity contribution < 1.29 is 9.53 Å². The Balaban J connectivity index is 1.67.